The monoisotopic (exact) mass is 268 g/mol. The summed E-state index contributed by atoms with van der Waals surface area (Å²) in [6.45, 7) is 6.91. The highest BCUT2D eigenvalue weighted by molar-refractivity contribution is 9.25. The van der Waals surface area contributed by atoms with Crippen LogP contribution < -0.4 is 0 Å². The summed E-state index contributed by atoms with van der Waals surface area (Å²) < 4.78 is 15.8. The Bertz CT molecular complexity index is 159. The topological polar surface area (TPSA) is 27.7 Å². The van der Waals surface area contributed by atoms with Crippen molar-refractivity contribution in [3.8, 4) is 0 Å². The molecular weight excluding hydrogens is 252 g/mol. The van der Waals surface area contributed by atoms with Crippen LogP contribution in [0.2, 0.25) is 6.04 Å². The summed E-state index contributed by atoms with van der Waals surface area (Å²) in [4.78, 5) is 0. The first-order valence-electron chi connectivity index (χ1n) is 4.05. The van der Waals surface area contributed by atoms with Crippen LogP contribution in [-0.4, -0.2) is 34.6 Å². The van der Waals surface area contributed by atoms with Gasteiger partial charge in [-0.2, -0.15) is 0 Å². The molecule has 0 radical (unpaired) electrons. The van der Waals surface area contributed by atoms with Crippen molar-refractivity contribution < 1.29 is 13.6 Å². The van der Waals surface area contributed by atoms with Crippen molar-refractivity contribution in [1.29, 1.82) is 0 Å². The van der Waals surface area contributed by atoms with Gasteiger partial charge in [0.2, 0.25) is 0 Å². The molecule has 3 nitrogen and oxygen atoms in total. The van der Waals surface area contributed by atoms with Crippen LogP contribution in [0.4, 0.5) is 0 Å². The minimum Gasteiger partial charge on any atom is -0.390 e. The molecule has 13 heavy (non-hydrogen) atoms. The minimum atomic E-state index is -2.11. The summed E-state index contributed by atoms with van der Waals surface area (Å²) in [5.41, 5.74) is 1.02. The predicted octanol–water partition coefficient (Wildman–Crippen LogP) is 2.21. The molecule has 0 fully saturated rings. The lowest BCUT2D eigenvalue weighted by Crippen LogP contribution is -2.33. The summed E-state index contributed by atoms with van der Waals surface area (Å²) >= 11 is 3.44. The van der Waals surface area contributed by atoms with Crippen LogP contribution in [0.5, 0.6) is 0 Å². The van der Waals surface area contributed by atoms with Crippen LogP contribution in [0, 0.1) is 0 Å². The van der Waals surface area contributed by atoms with E-state index >= 15 is 0 Å². The molecule has 0 aromatic heterocycles. The van der Waals surface area contributed by atoms with Gasteiger partial charge in [0.15, 0.2) is 0 Å². The summed E-state index contributed by atoms with van der Waals surface area (Å²) in [5, 5.41) is 0. The molecule has 0 saturated carbocycles. The van der Waals surface area contributed by atoms with Crippen molar-refractivity contribution >= 4 is 22.5 Å². The zero-order valence-corrected chi connectivity index (χ0v) is 11.0. The van der Waals surface area contributed by atoms with Gasteiger partial charge in [-0.25, -0.2) is 0 Å². The minimum absolute atomic E-state index is 0.602. The highest BCUT2D eigenvalue weighted by Gasteiger charge is 2.31. The Labute approximate surface area is 88.9 Å². The second-order valence-electron chi connectivity index (χ2n) is 2.83. The van der Waals surface area contributed by atoms with Gasteiger partial charge in [-0.15, -0.1) is 0 Å². The first-order valence-corrected chi connectivity index (χ1v) is 8.33. The highest BCUT2D eigenvalue weighted by Crippen LogP contribution is 2.18. The van der Waals surface area contributed by atoms with Crippen LogP contribution in [0.15, 0.2) is 12.2 Å². The molecule has 0 heterocycles. The molecule has 0 aromatic rings. The fourth-order valence-corrected chi connectivity index (χ4v) is 2.18. The van der Waals surface area contributed by atoms with Crippen LogP contribution in [0.25, 0.3) is 0 Å². The van der Waals surface area contributed by atoms with Crippen LogP contribution in [0.1, 0.15) is 6.92 Å². The van der Waals surface area contributed by atoms with E-state index < -0.39 is 7.18 Å². The average Bonchev–Trinajstić information content (AvgIpc) is 2.12. The van der Waals surface area contributed by atoms with Crippen molar-refractivity contribution in [3.05, 3.63) is 12.2 Å². The standard InChI is InChI=1S/C8H17BrO3Si/c1-8(2)7-12-5-6-13(9,10-3)11-4/h1,5-7H2,2-4H3. The van der Waals surface area contributed by atoms with Gasteiger partial charge in [0.05, 0.1) is 6.61 Å². The molecule has 0 aromatic carbocycles. The first kappa shape index (κ1) is 13.3. The molecule has 0 aliphatic rings. The Morgan fingerprint density at radius 1 is 1.38 bits per heavy atom. The number of rotatable bonds is 7. The van der Waals surface area contributed by atoms with Gasteiger partial charge in [-0.3, -0.25) is 0 Å². The van der Waals surface area contributed by atoms with Gasteiger partial charge in [0.25, 0.3) is 0 Å². The molecule has 0 aliphatic heterocycles. The largest absolute Gasteiger partial charge is 0.416 e. The summed E-state index contributed by atoms with van der Waals surface area (Å²) in [5.74, 6) is 0. The van der Waals surface area contributed by atoms with Crippen LogP contribution in [0.3, 0.4) is 0 Å². The number of hydrogen-bond acceptors (Lipinski definition) is 3. The SMILES string of the molecule is C=C(C)COCC[Si](Br)(OC)OC. The molecule has 0 aliphatic carbocycles. The van der Waals surface area contributed by atoms with E-state index in [-0.39, 0.29) is 0 Å². The van der Waals surface area contributed by atoms with Crippen LogP contribution >= 0.6 is 15.3 Å². The van der Waals surface area contributed by atoms with Gasteiger partial charge >= 0.3 is 7.18 Å². The Balaban J connectivity index is 3.55. The first-order chi connectivity index (χ1) is 6.04. The zero-order valence-electron chi connectivity index (χ0n) is 8.43. The van der Waals surface area contributed by atoms with E-state index in [2.05, 4.69) is 21.9 Å². The third kappa shape index (κ3) is 6.40. The Morgan fingerprint density at radius 2 is 1.92 bits per heavy atom. The Hall–Kier alpha value is 0.317. The van der Waals surface area contributed by atoms with E-state index in [1.54, 1.807) is 14.2 Å². The van der Waals surface area contributed by atoms with Crippen molar-refractivity contribution in [1.82, 2.24) is 0 Å². The molecule has 0 bridgehead atoms. The van der Waals surface area contributed by atoms with Crippen molar-refractivity contribution in [3.63, 3.8) is 0 Å². The fraction of sp³-hybridized carbons (Fsp3) is 0.750. The van der Waals surface area contributed by atoms with E-state index in [0.29, 0.717) is 13.2 Å². The lowest BCUT2D eigenvalue weighted by atomic mass is 10.4. The maximum Gasteiger partial charge on any atom is 0.416 e. The maximum atomic E-state index is 5.34. The van der Waals surface area contributed by atoms with E-state index in [0.717, 1.165) is 11.6 Å². The van der Waals surface area contributed by atoms with Crippen molar-refractivity contribution in [2.24, 2.45) is 0 Å². The molecule has 0 rings (SSSR count). The lowest BCUT2D eigenvalue weighted by Gasteiger charge is -2.19. The number of ether oxygens (including phenoxy) is 1. The molecule has 0 spiro atoms. The second-order valence-corrected chi connectivity index (χ2v) is 9.09. The molecule has 78 valence electrons. The second kappa shape index (κ2) is 6.72. The molecule has 0 N–H and O–H groups in total. The van der Waals surface area contributed by atoms with Gasteiger partial charge in [-0.05, 0) is 6.92 Å². The van der Waals surface area contributed by atoms with E-state index in [9.17, 15) is 0 Å². The van der Waals surface area contributed by atoms with Gasteiger partial charge < -0.3 is 13.6 Å². The van der Waals surface area contributed by atoms with Gasteiger partial charge in [0, 0.05) is 26.9 Å². The van der Waals surface area contributed by atoms with Crippen molar-refractivity contribution in [2.75, 3.05) is 27.4 Å². The predicted molar refractivity (Wildman–Crippen MR) is 59.1 cm³/mol. The third-order valence-corrected chi connectivity index (χ3v) is 6.66. The summed E-state index contributed by atoms with van der Waals surface area (Å²) in [6, 6.07) is 0.771. The normalized spacial score (nSPS) is 11.7. The van der Waals surface area contributed by atoms with Crippen molar-refractivity contribution in [2.45, 2.75) is 13.0 Å². The molecule has 0 atom stereocenters. The number of hydrogen-bond donors (Lipinski definition) is 0. The van der Waals surface area contributed by atoms with E-state index in [4.69, 9.17) is 13.6 Å². The molecule has 0 unspecified atom stereocenters. The van der Waals surface area contributed by atoms with Gasteiger partial charge in [-0.1, -0.05) is 27.4 Å². The molecule has 5 heteroatoms. The van der Waals surface area contributed by atoms with E-state index in [1.165, 1.54) is 0 Å². The average molecular weight is 269 g/mol. The van der Waals surface area contributed by atoms with E-state index in [1.807, 2.05) is 6.92 Å². The quantitative estimate of drug-likeness (QED) is 0.307. The van der Waals surface area contributed by atoms with Gasteiger partial charge in [0.1, 0.15) is 0 Å². The molecular formula is C8H17BrO3Si. The zero-order chi connectivity index (χ0) is 10.3. The third-order valence-electron chi connectivity index (χ3n) is 1.50. The summed E-state index contributed by atoms with van der Waals surface area (Å²) in [7, 11) is 1.17. The number of halogens is 1. The summed E-state index contributed by atoms with van der Waals surface area (Å²) in [6.07, 6.45) is 0. The lowest BCUT2D eigenvalue weighted by molar-refractivity contribution is 0.159. The Kier molecular flexibility index (Phi) is 6.89. The molecule has 0 amide bonds. The fourth-order valence-electron chi connectivity index (χ4n) is 0.728. The maximum absolute atomic E-state index is 5.34. The van der Waals surface area contributed by atoms with Crippen LogP contribution in [-0.2, 0) is 13.6 Å². The highest BCUT2D eigenvalue weighted by atomic mass is 79.9. The Morgan fingerprint density at radius 3 is 2.31 bits per heavy atom. The molecule has 0 saturated heterocycles. The smallest absolute Gasteiger partial charge is 0.390 e.